The fourth-order valence-corrected chi connectivity index (χ4v) is 1.56. The maximum Gasteiger partial charge on any atom is 0.337 e. The molecule has 0 saturated heterocycles. The van der Waals surface area contributed by atoms with Crippen molar-refractivity contribution in [3.63, 3.8) is 0 Å². The Bertz CT molecular complexity index is 659. The predicted octanol–water partition coefficient (Wildman–Crippen LogP) is 3.13. The summed E-state index contributed by atoms with van der Waals surface area (Å²) in [7, 11) is 1.24. The van der Waals surface area contributed by atoms with Gasteiger partial charge in [0.05, 0.1) is 18.4 Å². The second-order valence-electron chi connectivity index (χ2n) is 3.92. The van der Waals surface area contributed by atoms with E-state index in [4.69, 9.17) is 10.5 Å². The summed E-state index contributed by atoms with van der Waals surface area (Å²) in [5.74, 6) is -2.08. The van der Waals surface area contributed by atoms with Gasteiger partial charge in [0, 0.05) is 6.07 Å². The quantitative estimate of drug-likeness (QED) is 0.692. The van der Waals surface area contributed by atoms with E-state index in [9.17, 15) is 13.6 Å². The second kappa shape index (κ2) is 5.56. The monoisotopic (exact) mass is 279 g/mol. The molecular weight excluding hydrogens is 268 g/mol. The van der Waals surface area contributed by atoms with Gasteiger partial charge in [0.25, 0.3) is 0 Å². The third-order valence-corrected chi connectivity index (χ3v) is 2.54. The van der Waals surface area contributed by atoms with Gasteiger partial charge < -0.3 is 15.2 Å². The van der Waals surface area contributed by atoms with Crippen molar-refractivity contribution in [2.75, 3.05) is 12.8 Å². The van der Waals surface area contributed by atoms with Crippen LogP contribution in [0.5, 0.6) is 11.5 Å². The standard InChI is InChI=1S/C14H11F2NO3/c1-19-14(18)8-2-5-12(11(17)6-8)20-13-7-9(15)3-4-10(13)16/h2-7H,17H2,1H3. The van der Waals surface area contributed by atoms with Gasteiger partial charge in [0.15, 0.2) is 17.3 Å². The lowest BCUT2D eigenvalue weighted by atomic mass is 10.2. The minimum absolute atomic E-state index is 0.108. The van der Waals surface area contributed by atoms with Gasteiger partial charge in [0.2, 0.25) is 0 Å². The summed E-state index contributed by atoms with van der Waals surface area (Å²) in [4.78, 5) is 11.3. The molecule has 2 aromatic rings. The molecule has 0 saturated carbocycles. The number of nitrogens with two attached hydrogens (primary N) is 1. The Balaban J connectivity index is 2.30. The average Bonchev–Trinajstić information content (AvgIpc) is 2.44. The topological polar surface area (TPSA) is 61.5 Å². The lowest BCUT2D eigenvalue weighted by Crippen LogP contribution is -2.03. The third-order valence-electron chi connectivity index (χ3n) is 2.54. The molecular formula is C14H11F2NO3. The van der Waals surface area contributed by atoms with E-state index in [-0.39, 0.29) is 22.7 Å². The predicted molar refractivity (Wildman–Crippen MR) is 68.6 cm³/mol. The van der Waals surface area contributed by atoms with Crippen LogP contribution >= 0.6 is 0 Å². The number of carbonyl (C=O) groups excluding carboxylic acids is 1. The first-order valence-electron chi connectivity index (χ1n) is 5.62. The van der Waals surface area contributed by atoms with Crippen LogP contribution in [0.25, 0.3) is 0 Å². The highest BCUT2D eigenvalue weighted by Crippen LogP contribution is 2.30. The number of hydrogen-bond acceptors (Lipinski definition) is 4. The maximum absolute atomic E-state index is 13.4. The van der Waals surface area contributed by atoms with E-state index in [1.54, 1.807) is 0 Å². The van der Waals surface area contributed by atoms with Gasteiger partial charge in [-0.1, -0.05) is 0 Å². The van der Waals surface area contributed by atoms with Gasteiger partial charge in [-0.3, -0.25) is 0 Å². The third kappa shape index (κ3) is 2.85. The molecule has 0 unspecified atom stereocenters. The molecule has 0 bridgehead atoms. The normalized spacial score (nSPS) is 10.2. The largest absolute Gasteiger partial charge is 0.465 e. The number of nitrogen functional groups attached to an aromatic ring is 1. The van der Waals surface area contributed by atoms with Crippen molar-refractivity contribution in [1.29, 1.82) is 0 Å². The first kappa shape index (κ1) is 13.8. The summed E-state index contributed by atoms with van der Waals surface area (Å²) in [6, 6.07) is 6.96. The zero-order chi connectivity index (χ0) is 14.7. The molecule has 0 aromatic heterocycles. The molecule has 0 aliphatic heterocycles. The highest BCUT2D eigenvalue weighted by Gasteiger charge is 2.12. The van der Waals surface area contributed by atoms with Crippen molar-refractivity contribution in [2.24, 2.45) is 0 Å². The van der Waals surface area contributed by atoms with Crippen LogP contribution in [0.2, 0.25) is 0 Å². The van der Waals surface area contributed by atoms with Crippen LogP contribution in [0, 0.1) is 11.6 Å². The van der Waals surface area contributed by atoms with Crippen LogP contribution in [0.1, 0.15) is 10.4 Å². The summed E-state index contributed by atoms with van der Waals surface area (Å²) >= 11 is 0. The average molecular weight is 279 g/mol. The summed E-state index contributed by atoms with van der Waals surface area (Å²) in [5.41, 5.74) is 6.04. The number of benzene rings is 2. The van der Waals surface area contributed by atoms with E-state index < -0.39 is 17.6 Å². The molecule has 4 nitrogen and oxygen atoms in total. The van der Waals surface area contributed by atoms with E-state index in [1.165, 1.54) is 25.3 Å². The number of ether oxygens (including phenoxy) is 2. The number of hydrogen-bond donors (Lipinski definition) is 1. The molecule has 0 aliphatic rings. The van der Waals surface area contributed by atoms with Crippen molar-refractivity contribution in [3.05, 3.63) is 53.6 Å². The highest BCUT2D eigenvalue weighted by atomic mass is 19.1. The van der Waals surface area contributed by atoms with Crippen LogP contribution in [-0.4, -0.2) is 13.1 Å². The van der Waals surface area contributed by atoms with Gasteiger partial charge in [-0.2, -0.15) is 0 Å². The second-order valence-corrected chi connectivity index (χ2v) is 3.92. The molecule has 0 aliphatic carbocycles. The fourth-order valence-electron chi connectivity index (χ4n) is 1.56. The zero-order valence-electron chi connectivity index (χ0n) is 10.5. The Kier molecular flexibility index (Phi) is 3.84. The Morgan fingerprint density at radius 1 is 1.10 bits per heavy atom. The Labute approximate surface area is 113 Å². The van der Waals surface area contributed by atoms with Crippen LogP contribution in [0.15, 0.2) is 36.4 Å². The SMILES string of the molecule is COC(=O)c1ccc(Oc2cc(F)ccc2F)c(N)c1. The molecule has 104 valence electrons. The first-order valence-corrected chi connectivity index (χ1v) is 5.62. The smallest absolute Gasteiger partial charge is 0.337 e. The van der Waals surface area contributed by atoms with Gasteiger partial charge in [0.1, 0.15) is 5.82 Å². The molecule has 2 aromatic carbocycles. The van der Waals surface area contributed by atoms with Crippen LogP contribution in [0.3, 0.4) is 0 Å². The van der Waals surface area contributed by atoms with Crippen molar-refractivity contribution in [2.45, 2.75) is 0 Å². The summed E-state index contributed by atoms with van der Waals surface area (Å²) < 4.78 is 36.2. The van der Waals surface area contributed by atoms with Gasteiger partial charge in [-0.05, 0) is 30.3 Å². The Hall–Kier alpha value is -2.63. The van der Waals surface area contributed by atoms with Gasteiger partial charge in [-0.15, -0.1) is 0 Å². The molecule has 0 amide bonds. The van der Waals surface area contributed by atoms with E-state index in [0.29, 0.717) is 0 Å². The van der Waals surface area contributed by atoms with E-state index in [0.717, 1.165) is 18.2 Å². The number of carbonyl (C=O) groups is 1. The van der Waals surface area contributed by atoms with Crippen LogP contribution < -0.4 is 10.5 Å². The van der Waals surface area contributed by atoms with Crippen LogP contribution in [0.4, 0.5) is 14.5 Å². The molecule has 0 atom stereocenters. The summed E-state index contributed by atoms with van der Waals surface area (Å²) in [6.45, 7) is 0. The first-order chi connectivity index (χ1) is 9.51. The molecule has 20 heavy (non-hydrogen) atoms. The Morgan fingerprint density at radius 2 is 1.85 bits per heavy atom. The van der Waals surface area contributed by atoms with Gasteiger partial charge >= 0.3 is 5.97 Å². The lowest BCUT2D eigenvalue weighted by Gasteiger charge is -2.10. The molecule has 0 fully saturated rings. The molecule has 0 heterocycles. The van der Waals surface area contributed by atoms with E-state index in [2.05, 4.69) is 4.74 Å². The molecule has 6 heteroatoms. The van der Waals surface area contributed by atoms with E-state index in [1.807, 2.05) is 0 Å². The Morgan fingerprint density at radius 3 is 2.50 bits per heavy atom. The zero-order valence-corrected chi connectivity index (χ0v) is 10.5. The summed E-state index contributed by atoms with van der Waals surface area (Å²) in [6.07, 6.45) is 0. The fraction of sp³-hybridized carbons (Fsp3) is 0.0714. The highest BCUT2D eigenvalue weighted by molar-refractivity contribution is 5.90. The molecule has 0 spiro atoms. The number of esters is 1. The molecule has 2 rings (SSSR count). The van der Waals surface area contributed by atoms with E-state index >= 15 is 0 Å². The van der Waals surface area contributed by atoms with Crippen molar-refractivity contribution < 1.29 is 23.0 Å². The molecule has 2 N–H and O–H groups in total. The number of halogens is 2. The van der Waals surface area contributed by atoms with Crippen molar-refractivity contribution in [3.8, 4) is 11.5 Å². The van der Waals surface area contributed by atoms with Crippen molar-refractivity contribution in [1.82, 2.24) is 0 Å². The number of rotatable bonds is 3. The minimum Gasteiger partial charge on any atom is -0.465 e. The van der Waals surface area contributed by atoms with Crippen molar-refractivity contribution >= 4 is 11.7 Å². The maximum atomic E-state index is 13.4. The number of anilines is 1. The lowest BCUT2D eigenvalue weighted by molar-refractivity contribution is 0.0601. The van der Waals surface area contributed by atoms with Crippen LogP contribution in [-0.2, 0) is 4.74 Å². The molecule has 0 radical (unpaired) electrons. The number of methoxy groups -OCH3 is 1. The summed E-state index contributed by atoms with van der Waals surface area (Å²) in [5, 5.41) is 0. The minimum atomic E-state index is -0.720. The van der Waals surface area contributed by atoms with Gasteiger partial charge in [-0.25, -0.2) is 13.6 Å².